The molecule has 1 heterocycles. The molecule has 0 N–H and O–H groups in total. The van der Waals surface area contributed by atoms with Crippen molar-refractivity contribution in [3.05, 3.63) is 23.1 Å². The van der Waals surface area contributed by atoms with Crippen molar-refractivity contribution in [2.75, 3.05) is 0 Å². The van der Waals surface area contributed by atoms with Gasteiger partial charge in [0.1, 0.15) is 0 Å². The molecule has 10 heavy (non-hydrogen) atoms. The third-order valence-corrected chi connectivity index (χ3v) is 2.26. The molecule has 0 aromatic rings. The first-order valence-corrected chi connectivity index (χ1v) is 3.84. The summed E-state index contributed by atoms with van der Waals surface area (Å²) >= 11 is 1.22. The van der Waals surface area contributed by atoms with Gasteiger partial charge in [0.25, 0.3) is 0 Å². The highest BCUT2D eigenvalue weighted by Gasteiger charge is 2.20. The third-order valence-electron chi connectivity index (χ3n) is 1.40. The Morgan fingerprint density at radius 3 is 3.30 bits per heavy atom. The zero-order valence-electron chi connectivity index (χ0n) is 5.20. The van der Waals surface area contributed by atoms with Crippen molar-refractivity contribution in [2.24, 2.45) is 4.99 Å². The molecule has 0 spiro atoms. The quantitative estimate of drug-likeness (QED) is 0.530. The van der Waals surface area contributed by atoms with Crippen LogP contribution in [0.25, 0.3) is 0 Å². The van der Waals surface area contributed by atoms with E-state index < -0.39 is 0 Å². The highest BCUT2D eigenvalue weighted by molar-refractivity contribution is 8.18. The minimum Gasteiger partial charge on any atom is -0.259 e. The lowest BCUT2D eigenvalue weighted by atomic mass is 10.1. The first-order valence-electron chi connectivity index (χ1n) is 3.03. The zero-order valence-corrected chi connectivity index (χ0v) is 6.02. The number of fused-ring (bicyclic) bond motifs is 1. The molecule has 0 radical (unpaired) electrons. The molecular weight excluding hydrogens is 146 g/mol. The Balaban J connectivity index is 2.41. The smallest absolute Gasteiger partial charge is 0.259 e. The van der Waals surface area contributed by atoms with Gasteiger partial charge in [-0.25, -0.2) is 4.99 Å². The molecule has 2 rings (SSSR count). The van der Waals surface area contributed by atoms with Crippen LogP contribution in [0.3, 0.4) is 0 Å². The van der Waals surface area contributed by atoms with Crippen LogP contribution in [0.15, 0.2) is 28.1 Å². The predicted molar refractivity (Wildman–Crippen MR) is 42.3 cm³/mol. The van der Waals surface area contributed by atoms with Gasteiger partial charge in [-0.2, -0.15) is 0 Å². The van der Waals surface area contributed by atoms with Gasteiger partial charge in [0.15, 0.2) is 0 Å². The molecule has 0 fully saturated rings. The summed E-state index contributed by atoms with van der Waals surface area (Å²) in [5.41, 5.74) is 0.928. The average Bonchev–Trinajstić information content (AvgIpc) is 2.27. The monoisotopic (exact) mass is 151 g/mol. The van der Waals surface area contributed by atoms with Gasteiger partial charge in [0.05, 0.1) is 5.71 Å². The minimum absolute atomic E-state index is 0.0787. The van der Waals surface area contributed by atoms with Crippen molar-refractivity contribution in [2.45, 2.75) is 6.42 Å². The van der Waals surface area contributed by atoms with E-state index in [1.807, 2.05) is 18.2 Å². The zero-order chi connectivity index (χ0) is 6.97. The van der Waals surface area contributed by atoms with Crippen molar-refractivity contribution >= 4 is 22.7 Å². The number of hydrogen-bond acceptors (Lipinski definition) is 2. The lowest BCUT2D eigenvalue weighted by molar-refractivity contribution is 0.268. The van der Waals surface area contributed by atoms with Crippen LogP contribution in [0, 0.1) is 0 Å². The number of carbonyl (C=O) groups is 1. The van der Waals surface area contributed by atoms with Crippen LogP contribution in [0.5, 0.6) is 0 Å². The summed E-state index contributed by atoms with van der Waals surface area (Å²) in [6.45, 7) is 0. The van der Waals surface area contributed by atoms with Crippen LogP contribution in [0.2, 0.25) is 0 Å². The van der Waals surface area contributed by atoms with E-state index >= 15 is 0 Å². The van der Waals surface area contributed by atoms with E-state index in [0.717, 1.165) is 17.0 Å². The maximum Gasteiger partial charge on any atom is 0.309 e. The second-order valence-electron chi connectivity index (χ2n) is 2.09. The summed E-state index contributed by atoms with van der Waals surface area (Å²) in [5, 5.41) is -0.0787. The van der Waals surface area contributed by atoms with E-state index in [4.69, 9.17) is 0 Å². The topological polar surface area (TPSA) is 29.4 Å². The average molecular weight is 151 g/mol. The number of thioether (sulfide) groups is 1. The molecule has 0 unspecified atom stereocenters. The van der Waals surface area contributed by atoms with Crippen molar-refractivity contribution < 1.29 is 4.79 Å². The largest absolute Gasteiger partial charge is 0.309 e. The first-order chi connectivity index (χ1) is 4.86. The predicted octanol–water partition coefficient (Wildman–Crippen LogP) is 2.14. The van der Waals surface area contributed by atoms with Crippen molar-refractivity contribution in [3.63, 3.8) is 0 Å². The Hall–Kier alpha value is -0.830. The molecule has 0 aromatic heterocycles. The van der Waals surface area contributed by atoms with Gasteiger partial charge in [-0.3, -0.25) is 4.79 Å². The lowest BCUT2D eigenvalue weighted by Gasteiger charge is -1.99. The molecule has 0 saturated heterocycles. The summed E-state index contributed by atoms with van der Waals surface area (Å²) in [6, 6.07) is 0. The summed E-state index contributed by atoms with van der Waals surface area (Å²) in [5.74, 6) is 0. The molecule has 0 atom stereocenters. The summed E-state index contributed by atoms with van der Waals surface area (Å²) in [6.07, 6.45) is 6.70. The van der Waals surface area contributed by atoms with Gasteiger partial charge in [-0.1, -0.05) is 12.2 Å². The van der Waals surface area contributed by atoms with Gasteiger partial charge >= 0.3 is 5.24 Å². The van der Waals surface area contributed by atoms with E-state index in [0.29, 0.717) is 0 Å². The van der Waals surface area contributed by atoms with Gasteiger partial charge in [0, 0.05) is 11.3 Å². The Kier molecular flexibility index (Phi) is 1.24. The standard InChI is InChI=1S/C7H5NOS/c9-7-8-5-3-1-2-4-6(5)10-7/h1-2,4H,3H2. The minimum atomic E-state index is -0.0787. The van der Waals surface area contributed by atoms with Gasteiger partial charge < -0.3 is 0 Å². The molecule has 2 aliphatic rings. The highest BCUT2D eigenvalue weighted by Crippen LogP contribution is 2.30. The Morgan fingerprint density at radius 1 is 1.60 bits per heavy atom. The molecule has 0 bridgehead atoms. The number of rotatable bonds is 0. The number of hydrogen-bond donors (Lipinski definition) is 0. The fourth-order valence-corrected chi connectivity index (χ4v) is 1.69. The normalized spacial score (nSPS) is 22.2. The number of amides is 1. The lowest BCUT2D eigenvalue weighted by Crippen LogP contribution is -1.95. The van der Waals surface area contributed by atoms with Crippen LogP contribution in [-0.2, 0) is 0 Å². The second-order valence-corrected chi connectivity index (χ2v) is 3.08. The van der Waals surface area contributed by atoms with E-state index in [9.17, 15) is 4.79 Å². The van der Waals surface area contributed by atoms with Crippen molar-refractivity contribution in [1.29, 1.82) is 0 Å². The van der Waals surface area contributed by atoms with Crippen LogP contribution in [-0.4, -0.2) is 11.0 Å². The molecule has 3 heteroatoms. The molecular formula is C7H5NOS. The highest BCUT2D eigenvalue weighted by atomic mass is 32.2. The van der Waals surface area contributed by atoms with Gasteiger partial charge in [-0.05, 0) is 17.8 Å². The van der Waals surface area contributed by atoms with Crippen LogP contribution in [0.4, 0.5) is 4.79 Å². The van der Waals surface area contributed by atoms with Gasteiger partial charge in [0.2, 0.25) is 0 Å². The van der Waals surface area contributed by atoms with E-state index in [-0.39, 0.29) is 5.24 Å². The molecule has 2 nitrogen and oxygen atoms in total. The summed E-state index contributed by atoms with van der Waals surface area (Å²) < 4.78 is 0. The van der Waals surface area contributed by atoms with E-state index in [1.165, 1.54) is 11.8 Å². The van der Waals surface area contributed by atoms with Crippen molar-refractivity contribution in [3.8, 4) is 0 Å². The van der Waals surface area contributed by atoms with Gasteiger partial charge in [-0.15, -0.1) is 0 Å². The molecule has 1 aliphatic heterocycles. The maximum absolute atomic E-state index is 10.7. The molecule has 0 saturated carbocycles. The van der Waals surface area contributed by atoms with E-state index in [2.05, 4.69) is 4.99 Å². The molecule has 0 aromatic carbocycles. The fraction of sp³-hybridized carbons (Fsp3) is 0.143. The molecule has 1 aliphatic carbocycles. The van der Waals surface area contributed by atoms with Crippen molar-refractivity contribution in [1.82, 2.24) is 0 Å². The third kappa shape index (κ3) is 0.827. The van der Waals surface area contributed by atoms with Crippen LogP contribution in [0.1, 0.15) is 6.42 Å². The Bertz CT molecular complexity index is 275. The summed E-state index contributed by atoms with van der Waals surface area (Å²) in [7, 11) is 0. The Labute approximate surface area is 62.7 Å². The van der Waals surface area contributed by atoms with Crippen LogP contribution >= 0.6 is 11.8 Å². The Morgan fingerprint density at radius 2 is 2.50 bits per heavy atom. The maximum atomic E-state index is 10.7. The molecule has 1 amide bonds. The van der Waals surface area contributed by atoms with Crippen LogP contribution < -0.4 is 0 Å². The SMILES string of the molecule is O=C1N=C2CC=CC=C2S1. The number of aliphatic imine (C=N–C) groups is 1. The molecule has 50 valence electrons. The van der Waals surface area contributed by atoms with E-state index in [1.54, 1.807) is 0 Å². The summed E-state index contributed by atoms with van der Waals surface area (Å²) in [4.78, 5) is 15.6. The fourth-order valence-electron chi connectivity index (χ4n) is 0.953. The number of allylic oxidation sites excluding steroid dienone is 4. The number of nitrogens with zero attached hydrogens (tertiary/aromatic N) is 1. The first kappa shape index (κ1) is 5.92. The number of carbonyl (C=O) groups excluding carboxylic acids is 1. The second kappa shape index (κ2) is 2.09.